The molecule has 142 valence electrons. The standard InChI is InChI=1S/C21H31N3O2/c1-15-7-6-10-23(12-15)13-16(2)22-21(26)20-11-18-8-4-5-9-19(18)14-24(20)17(3)25/h4-5,8-9,15-16,20H,6-7,10-14H2,1-3H3,(H,22,26). The van der Waals surface area contributed by atoms with Crippen molar-refractivity contribution < 1.29 is 9.59 Å². The minimum atomic E-state index is -0.412. The van der Waals surface area contributed by atoms with E-state index in [0.717, 1.165) is 31.1 Å². The van der Waals surface area contributed by atoms with Gasteiger partial charge in [-0.25, -0.2) is 0 Å². The van der Waals surface area contributed by atoms with Gasteiger partial charge in [-0.05, 0) is 43.4 Å². The van der Waals surface area contributed by atoms with Gasteiger partial charge in [0.1, 0.15) is 6.04 Å². The maximum Gasteiger partial charge on any atom is 0.243 e. The van der Waals surface area contributed by atoms with Crippen LogP contribution in [0, 0.1) is 5.92 Å². The molecule has 0 aliphatic carbocycles. The first kappa shape index (κ1) is 18.9. The minimum Gasteiger partial charge on any atom is -0.351 e. The summed E-state index contributed by atoms with van der Waals surface area (Å²) in [5.74, 6) is 0.652. The molecule has 3 rings (SSSR count). The summed E-state index contributed by atoms with van der Waals surface area (Å²) in [6, 6.07) is 7.76. The van der Waals surface area contributed by atoms with Crippen LogP contribution >= 0.6 is 0 Å². The van der Waals surface area contributed by atoms with E-state index in [-0.39, 0.29) is 17.9 Å². The van der Waals surface area contributed by atoms with Crippen molar-refractivity contribution >= 4 is 11.8 Å². The molecule has 1 N–H and O–H groups in total. The Morgan fingerprint density at radius 3 is 2.69 bits per heavy atom. The Balaban J connectivity index is 1.63. The fraction of sp³-hybridized carbons (Fsp3) is 0.619. The van der Waals surface area contributed by atoms with Crippen molar-refractivity contribution in [2.75, 3.05) is 19.6 Å². The number of amides is 2. The van der Waals surface area contributed by atoms with Gasteiger partial charge in [0.15, 0.2) is 0 Å². The topological polar surface area (TPSA) is 52.7 Å². The van der Waals surface area contributed by atoms with Gasteiger partial charge < -0.3 is 15.1 Å². The molecule has 3 unspecified atom stereocenters. The molecule has 0 spiro atoms. The predicted molar refractivity (Wildman–Crippen MR) is 103 cm³/mol. The van der Waals surface area contributed by atoms with Gasteiger partial charge in [0.25, 0.3) is 0 Å². The molecular weight excluding hydrogens is 326 g/mol. The van der Waals surface area contributed by atoms with E-state index in [1.54, 1.807) is 11.8 Å². The van der Waals surface area contributed by atoms with Crippen LogP contribution in [-0.4, -0.2) is 53.3 Å². The molecule has 1 aromatic rings. The molecule has 0 saturated carbocycles. The third kappa shape index (κ3) is 4.44. The van der Waals surface area contributed by atoms with Gasteiger partial charge in [0, 0.05) is 39.0 Å². The predicted octanol–water partition coefficient (Wildman–Crippen LogP) is 2.20. The lowest BCUT2D eigenvalue weighted by Gasteiger charge is -2.37. The van der Waals surface area contributed by atoms with E-state index < -0.39 is 6.04 Å². The molecule has 1 saturated heterocycles. The Labute approximate surface area is 156 Å². The second-order valence-corrected chi connectivity index (χ2v) is 8.05. The van der Waals surface area contributed by atoms with Crippen LogP contribution in [-0.2, 0) is 22.6 Å². The number of fused-ring (bicyclic) bond motifs is 1. The summed E-state index contributed by atoms with van der Waals surface area (Å²) in [4.78, 5) is 29.2. The van der Waals surface area contributed by atoms with Crippen molar-refractivity contribution in [2.45, 2.75) is 58.7 Å². The quantitative estimate of drug-likeness (QED) is 0.899. The van der Waals surface area contributed by atoms with Gasteiger partial charge >= 0.3 is 0 Å². The number of nitrogens with one attached hydrogen (secondary N) is 1. The lowest BCUT2D eigenvalue weighted by atomic mass is 9.93. The maximum atomic E-state index is 12.9. The molecule has 0 bridgehead atoms. The molecule has 26 heavy (non-hydrogen) atoms. The molecular formula is C21H31N3O2. The van der Waals surface area contributed by atoms with E-state index >= 15 is 0 Å². The fourth-order valence-electron chi connectivity index (χ4n) is 4.31. The van der Waals surface area contributed by atoms with E-state index in [1.165, 1.54) is 18.4 Å². The third-order valence-corrected chi connectivity index (χ3v) is 5.62. The summed E-state index contributed by atoms with van der Waals surface area (Å²) in [6.45, 7) is 9.51. The molecule has 2 heterocycles. The van der Waals surface area contributed by atoms with Crippen LogP contribution in [0.1, 0.15) is 44.7 Å². The van der Waals surface area contributed by atoms with Crippen LogP contribution in [0.4, 0.5) is 0 Å². The molecule has 5 heteroatoms. The third-order valence-electron chi connectivity index (χ3n) is 5.62. The lowest BCUT2D eigenvalue weighted by Crippen LogP contribution is -2.55. The highest BCUT2D eigenvalue weighted by molar-refractivity contribution is 5.88. The average molecular weight is 357 g/mol. The van der Waals surface area contributed by atoms with Crippen molar-refractivity contribution in [1.29, 1.82) is 0 Å². The fourth-order valence-corrected chi connectivity index (χ4v) is 4.31. The molecule has 2 aliphatic heterocycles. The summed E-state index contributed by atoms with van der Waals surface area (Å²) >= 11 is 0. The van der Waals surface area contributed by atoms with Crippen molar-refractivity contribution in [3.8, 4) is 0 Å². The number of likely N-dealkylation sites (tertiary alicyclic amines) is 1. The Hall–Kier alpha value is -1.88. The van der Waals surface area contributed by atoms with E-state index in [1.807, 2.05) is 18.2 Å². The number of carbonyl (C=O) groups excluding carboxylic acids is 2. The zero-order chi connectivity index (χ0) is 18.7. The number of nitrogens with zero attached hydrogens (tertiary/aromatic N) is 2. The Bertz CT molecular complexity index is 660. The Morgan fingerprint density at radius 1 is 1.27 bits per heavy atom. The number of piperidine rings is 1. The molecule has 0 aromatic heterocycles. The largest absolute Gasteiger partial charge is 0.351 e. The molecule has 3 atom stereocenters. The zero-order valence-electron chi connectivity index (χ0n) is 16.2. The van der Waals surface area contributed by atoms with E-state index in [2.05, 4.69) is 30.1 Å². The molecule has 0 radical (unpaired) electrons. The minimum absolute atomic E-state index is 0.0349. The Morgan fingerprint density at radius 2 is 2.00 bits per heavy atom. The summed E-state index contributed by atoms with van der Waals surface area (Å²) in [5, 5.41) is 3.15. The smallest absolute Gasteiger partial charge is 0.243 e. The van der Waals surface area contributed by atoms with Gasteiger partial charge in [-0.1, -0.05) is 31.2 Å². The highest BCUT2D eigenvalue weighted by atomic mass is 16.2. The van der Waals surface area contributed by atoms with Crippen molar-refractivity contribution in [2.24, 2.45) is 5.92 Å². The van der Waals surface area contributed by atoms with Crippen molar-refractivity contribution in [1.82, 2.24) is 15.1 Å². The molecule has 1 aromatic carbocycles. The number of carbonyl (C=O) groups is 2. The number of hydrogen-bond acceptors (Lipinski definition) is 3. The van der Waals surface area contributed by atoms with Gasteiger partial charge in [0.2, 0.25) is 11.8 Å². The monoisotopic (exact) mass is 357 g/mol. The van der Waals surface area contributed by atoms with Crippen LogP contribution in [0.3, 0.4) is 0 Å². The lowest BCUT2D eigenvalue weighted by molar-refractivity contribution is -0.140. The first-order valence-corrected chi connectivity index (χ1v) is 9.80. The number of benzene rings is 1. The van der Waals surface area contributed by atoms with Crippen molar-refractivity contribution in [3.63, 3.8) is 0 Å². The molecule has 2 aliphatic rings. The molecule has 5 nitrogen and oxygen atoms in total. The average Bonchev–Trinajstić information content (AvgIpc) is 2.60. The first-order valence-electron chi connectivity index (χ1n) is 9.80. The van der Waals surface area contributed by atoms with E-state index in [9.17, 15) is 9.59 Å². The summed E-state index contributed by atoms with van der Waals surface area (Å²) in [5.41, 5.74) is 2.31. The van der Waals surface area contributed by atoms with Gasteiger partial charge in [0.05, 0.1) is 0 Å². The zero-order valence-corrected chi connectivity index (χ0v) is 16.2. The highest BCUT2D eigenvalue weighted by Crippen LogP contribution is 2.23. The van der Waals surface area contributed by atoms with Crippen LogP contribution in [0.15, 0.2) is 24.3 Å². The maximum absolute atomic E-state index is 12.9. The highest BCUT2D eigenvalue weighted by Gasteiger charge is 2.33. The second kappa shape index (κ2) is 8.21. The number of hydrogen-bond donors (Lipinski definition) is 1. The molecule has 1 fully saturated rings. The van der Waals surface area contributed by atoms with Gasteiger partial charge in [-0.2, -0.15) is 0 Å². The van der Waals surface area contributed by atoms with Crippen LogP contribution < -0.4 is 5.32 Å². The van der Waals surface area contributed by atoms with E-state index in [4.69, 9.17) is 0 Å². The van der Waals surface area contributed by atoms with Crippen molar-refractivity contribution in [3.05, 3.63) is 35.4 Å². The summed E-state index contributed by atoms with van der Waals surface area (Å²) in [6.07, 6.45) is 3.13. The second-order valence-electron chi connectivity index (χ2n) is 8.05. The van der Waals surface area contributed by atoms with Crippen LogP contribution in [0.5, 0.6) is 0 Å². The van der Waals surface area contributed by atoms with Crippen LogP contribution in [0.2, 0.25) is 0 Å². The number of rotatable bonds is 4. The summed E-state index contributed by atoms with van der Waals surface area (Å²) < 4.78 is 0. The summed E-state index contributed by atoms with van der Waals surface area (Å²) in [7, 11) is 0. The molecule has 2 amide bonds. The first-order chi connectivity index (χ1) is 12.4. The van der Waals surface area contributed by atoms with Gasteiger partial charge in [-0.3, -0.25) is 9.59 Å². The van der Waals surface area contributed by atoms with Crippen LogP contribution in [0.25, 0.3) is 0 Å². The van der Waals surface area contributed by atoms with E-state index in [0.29, 0.717) is 13.0 Å². The SMILES string of the molecule is CC(=O)N1Cc2ccccc2CC1C(=O)NC(C)CN1CCCC(C)C1. The normalized spacial score (nSPS) is 24.7. The Kier molecular flexibility index (Phi) is 5.97. The van der Waals surface area contributed by atoms with Gasteiger partial charge in [-0.15, -0.1) is 0 Å².